The number of Topliss-reactive ketones (excluding diaryl/α,β-unsaturated/α-hetero) is 1. The molecule has 0 aliphatic rings. The van der Waals surface area contributed by atoms with Crippen LogP contribution in [-0.4, -0.2) is 21.1 Å². The quantitative estimate of drug-likeness (QED) is 0.443. The Labute approximate surface area is 150 Å². The zero-order valence-electron chi connectivity index (χ0n) is 15.9. The van der Waals surface area contributed by atoms with Crippen molar-refractivity contribution < 1.29 is 20.1 Å². The van der Waals surface area contributed by atoms with E-state index in [9.17, 15) is 20.1 Å². The van der Waals surface area contributed by atoms with Gasteiger partial charge in [0.05, 0.1) is 0 Å². The molecule has 0 aliphatic carbocycles. The van der Waals surface area contributed by atoms with Gasteiger partial charge in [-0.2, -0.15) is 0 Å². The normalized spacial score (nSPS) is 12.8. The zero-order chi connectivity index (χ0) is 19.1. The van der Waals surface area contributed by atoms with Crippen LogP contribution in [0.15, 0.2) is 29.4 Å². The van der Waals surface area contributed by atoms with E-state index in [4.69, 9.17) is 0 Å². The third-order valence-corrected chi connectivity index (χ3v) is 4.41. The molecule has 0 saturated heterocycles. The number of aromatic hydroxyl groups is 3. The van der Waals surface area contributed by atoms with Crippen molar-refractivity contribution >= 4 is 5.78 Å². The molecule has 0 aromatic heterocycles. The Balaban J connectivity index is 3.08. The summed E-state index contributed by atoms with van der Waals surface area (Å²) >= 11 is 0. The smallest absolute Gasteiger partial charge is 0.173 e. The number of ketones is 1. The molecule has 25 heavy (non-hydrogen) atoms. The standard InChI is InChI=1S/C21H30O4/c1-6-15(5)20(24)19-18(23)12-17(22)16(21(19)25)11-10-14(4)9-7-8-13(2)3/h8,10,12,15,22-23,25H,6-7,9,11H2,1-5H3/t15-/m1/s1. The molecule has 0 unspecified atom stereocenters. The maximum absolute atomic E-state index is 12.4. The van der Waals surface area contributed by atoms with Crippen LogP contribution in [0.25, 0.3) is 0 Å². The van der Waals surface area contributed by atoms with Gasteiger partial charge in [-0.15, -0.1) is 0 Å². The largest absolute Gasteiger partial charge is 0.507 e. The van der Waals surface area contributed by atoms with Gasteiger partial charge in [-0.1, -0.05) is 37.1 Å². The average Bonchev–Trinajstić information content (AvgIpc) is 2.52. The van der Waals surface area contributed by atoms with Crippen LogP contribution in [0.1, 0.15) is 69.8 Å². The molecular formula is C21H30O4. The minimum absolute atomic E-state index is 0.0993. The van der Waals surface area contributed by atoms with Crippen molar-refractivity contribution in [3.8, 4) is 17.2 Å². The molecule has 0 bridgehead atoms. The van der Waals surface area contributed by atoms with Crippen molar-refractivity contribution in [1.29, 1.82) is 0 Å². The van der Waals surface area contributed by atoms with E-state index in [1.54, 1.807) is 6.92 Å². The van der Waals surface area contributed by atoms with Crippen LogP contribution >= 0.6 is 0 Å². The number of phenols is 3. The predicted octanol–water partition coefficient (Wildman–Crippen LogP) is 5.27. The Hall–Kier alpha value is -2.23. The maximum Gasteiger partial charge on any atom is 0.173 e. The van der Waals surface area contributed by atoms with E-state index in [1.807, 2.05) is 19.9 Å². The number of carbonyl (C=O) groups is 1. The van der Waals surface area contributed by atoms with E-state index in [0.29, 0.717) is 12.8 Å². The van der Waals surface area contributed by atoms with E-state index in [1.165, 1.54) is 5.57 Å². The summed E-state index contributed by atoms with van der Waals surface area (Å²) in [6.07, 6.45) is 6.84. The van der Waals surface area contributed by atoms with Gasteiger partial charge in [-0.05, 0) is 46.5 Å². The molecule has 0 saturated carbocycles. The van der Waals surface area contributed by atoms with E-state index < -0.39 is 0 Å². The summed E-state index contributed by atoms with van der Waals surface area (Å²) in [7, 11) is 0. The first-order chi connectivity index (χ1) is 11.7. The second-order valence-corrected chi connectivity index (χ2v) is 6.87. The number of hydrogen-bond acceptors (Lipinski definition) is 4. The van der Waals surface area contributed by atoms with Gasteiger partial charge >= 0.3 is 0 Å². The van der Waals surface area contributed by atoms with Gasteiger partial charge in [-0.25, -0.2) is 0 Å². The summed E-state index contributed by atoms with van der Waals surface area (Å²) in [5, 5.41) is 30.5. The highest BCUT2D eigenvalue weighted by Crippen LogP contribution is 2.39. The molecule has 138 valence electrons. The van der Waals surface area contributed by atoms with Crippen LogP contribution in [0.3, 0.4) is 0 Å². The van der Waals surface area contributed by atoms with Crippen LogP contribution in [0.2, 0.25) is 0 Å². The lowest BCUT2D eigenvalue weighted by atomic mass is 9.92. The minimum Gasteiger partial charge on any atom is -0.507 e. The van der Waals surface area contributed by atoms with Crippen LogP contribution in [-0.2, 0) is 6.42 Å². The van der Waals surface area contributed by atoms with Gasteiger partial charge in [0.25, 0.3) is 0 Å². The van der Waals surface area contributed by atoms with Gasteiger partial charge in [0, 0.05) is 17.5 Å². The molecule has 1 aromatic rings. The molecule has 1 rings (SSSR count). The number of carbonyl (C=O) groups excluding carboxylic acids is 1. The second-order valence-electron chi connectivity index (χ2n) is 6.87. The monoisotopic (exact) mass is 346 g/mol. The number of benzene rings is 1. The molecule has 0 amide bonds. The summed E-state index contributed by atoms with van der Waals surface area (Å²) in [6, 6.07) is 1.14. The highest BCUT2D eigenvalue weighted by molar-refractivity contribution is 6.03. The fraction of sp³-hybridized carbons (Fsp3) is 0.476. The van der Waals surface area contributed by atoms with Gasteiger partial charge < -0.3 is 15.3 Å². The fourth-order valence-corrected chi connectivity index (χ4v) is 2.53. The lowest BCUT2D eigenvalue weighted by Crippen LogP contribution is -2.11. The third-order valence-electron chi connectivity index (χ3n) is 4.41. The van der Waals surface area contributed by atoms with Gasteiger partial charge in [-0.3, -0.25) is 4.79 Å². The number of rotatable bonds is 8. The number of phenolic OH excluding ortho intramolecular Hbond substituents is 3. The molecule has 0 radical (unpaired) electrons. The Morgan fingerprint density at radius 1 is 1.12 bits per heavy atom. The number of hydrogen-bond donors (Lipinski definition) is 3. The first kappa shape index (κ1) is 20.8. The van der Waals surface area contributed by atoms with Crippen molar-refractivity contribution in [2.45, 2.75) is 60.3 Å². The summed E-state index contributed by atoms with van der Waals surface area (Å²) in [4.78, 5) is 12.4. The summed E-state index contributed by atoms with van der Waals surface area (Å²) < 4.78 is 0. The maximum atomic E-state index is 12.4. The minimum atomic E-state index is -0.381. The molecule has 0 fully saturated rings. The zero-order valence-corrected chi connectivity index (χ0v) is 15.9. The molecule has 0 aliphatic heterocycles. The first-order valence-corrected chi connectivity index (χ1v) is 8.78. The molecular weight excluding hydrogens is 316 g/mol. The highest BCUT2D eigenvalue weighted by atomic mass is 16.3. The third kappa shape index (κ3) is 5.66. The SMILES string of the molecule is CC[C@@H](C)C(=O)c1c(O)cc(O)c(CC=C(C)CCC=C(C)C)c1O. The molecule has 0 spiro atoms. The van der Waals surface area contributed by atoms with Crippen LogP contribution < -0.4 is 0 Å². The first-order valence-electron chi connectivity index (χ1n) is 8.78. The van der Waals surface area contributed by atoms with Crippen LogP contribution in [0, 0.1) is 5.92 Å². The predicted molar refractivity (Wildman–Crippen MR) is 101 cm³/mol. The van der Waals surface area contributed by atoms with E-state index in [2.05, 4.69) is 19.9 Å². The highest BCUT2D eigenvalue weighted by Gasteiger charge is 2.25. The second kappa shape index (κ2) is 9.30. The van der Waals surface area contributed by atoms with Gasteiger partial charge in [0.15, 0.2) is 5.78 Å². The van der Waals surface area contributed by atoms with E-state index >= 15 is 0 Å². The average molecular weight is 346 g/mol. The van der Waals surface area contributed by atoms with Crippen molar-refractivity contribution in [1.82, 2.24) is 0 Å². The van der Waals surface area contributed by atoms with Crippen molar-refractivity contribution in [2.75, 3.05) is 0 Å². The van der Waals surface area contributed by atoms with Crippen molar-refractivity contribution in [3.05, 3.63) is 40.5 Å². The molecule has 3 N–H and O–H groups in total. The molecule has 4 nitrogen and oxygen atoms in total. The van der Waals surface area contributed by atoms with Crippen molar-refractivity contribution in [2.24, 2.45) is 5.92 Å². The Kier molecular flexibility index (Phi) is 7.75. The van der Waals surface area contributed by atoms with Crippen LogP contribution in [0.4, 0.5) is 0 Å². The lowest BCUT2D eigenvalue weighted by Gasteiger charge is -2.15. The Morgan fingerprint density at radius 3 is 2.32 bits per heavy atom. The fourth-order valence-electron chi connectivity index (χ4n) is 2.53. The molecule has 0 heterocycles. The molecule has 4 heteroatoms. The summed E-state index contributed by atoms with van der Waals surface area (Å²) in [5.41, 5.74) is 2.58. The summed E-state index contributed by atoms with van der Waals surface area (Å²) in [6.45, 7) is 9.74. The van der Waals surface area contributed by atoms with Gasteiger partial charge in [0.2, 0.25) is 0 Å². The van der Waals surface area contributed by atoms with Crippen LogP contribution in [0.5, 0.6) is 17.2 Å². The molecule has 1 aromatic carbocycles. The summed E-state index contributed by atoms with van der Waals surface area (Å²) in [5.74, 6) is -1.54. The Morgan fingerprint density at radius 2 is 1.76 bits per heavy atom. The molecule has 1 atom stereocenters. The van der Waals surface area contributed by atoms with Crippen molar-refractivity contribution in [3.63, 3.8) is 0 Å². The lowest BCUT2D eigenvalue weighted by molar-refractivity contribution is 0.0921. The topological polar surface area (TPSA) is 77.8 Å². The Bertz CT molecular complexity index is 680. The number of allylic oxidation sites excluding steroid dienone is 4. The van der Waals surface area contributed by atoms with Gasteiger partial charge in [0.1, 0.15) is 22.8 Å². The van der Waals surface area contributed by atoms with E-state index in [0.717, 1.165) is 24.5 Å². The van der Waals surface area contributed by atoms with E-state index in [-0.39, 0.29) is 40.1 Å².